The molecule has 1 aromatic heterocycles. The first-order chi connectivity index (χ1) is 14.0. The molecule has 0 spiro atoms. The maximum Gasteiger partial charge on any atom is 0.311 e. The third kappa shape index (κ3) is 5.19. The molecule has 3 rings (SSSR count). The van der Waals surface area contributed by atoms with E-state index in [1.165, 1.54) is 6.07 Å². The van der Waals surface area contributed by atoms with Gasteiger partial charge in [-0.25, -0.2) is 0 Å². The van der Waals surface area contributed by atoms with E-state index in [1.54, 1.807) is 48.1 Å². The molecule has 150 valence electrons. The summed E-state index contributed by atoms with van der Waals surface area (Å²) in [7, 11) is 0. The SMILES string of the molecule is CCn1cc(CNC(=O)c2cccc(COc3ccc(C)cc3[N+](=O)[O-])c2)cn1. The first kappa shape index (κ1) is 20.1. The van der Waals surface area contributed by atoms with Crippen molar-refractivity contribution in [2.24, 2.45) is 0 Å². The zero-order valence-corrected chi connectivity index (χ0v) is 16.3. The van der Waals surface area contributed by atoms with Crippen molar-refractivity contribution >= 4 is 11.6 Å². The van der Waals surface area contributed by atoms with Crippen LogP contribution in [0, 0.1) is 17.0 Å². The van der Waals surface area contributed by atoms with Gasteiger partial charge >= 0.3 is 5.69 Å². The van der Waals surface area contributed by atoms with Crippen molar-refractivity contribution in [3.05, 3.63) is 87.2 Å². The summed E-state index contributed by atoms with van der Waals surface area (Å²) in [6, 6.07) is 11.8. The van der Waals surface area contributed by atoms with Crippen LogP contribution in [-0.4, -0.2) is 20.6 Å². The second-order valence-corrected chi connectivity index (χ2v) is 6.60. The average molecular weight is 394 g/mol. The number of amides is 1. The molecule has 1 heterocycles. The fourth-order valence-corrected chi connectivity index (χ4v) is 2.81. The summed E-state index contributed by atoms with van der Waals surface area (Å²) in [6.07, 6.45) is 3.61. The molecule has 0 radical (unpaired) electrons. The molecule has 0 saturated carbocycles. The molecule has 0 unspecified atom stereocenters. The molecule has 0 fully saturated rings. The Morgan fingerprint density at radius 1 is 1.24 bits per heavy atom. The number of benzene rings is 2. The Labute approximate surface area is 168 Å². The van der Waals surface area contributed by atoms with Gasteiger partial charge < -0.3 is 10.1 Å². The molecular formula is C21H22N4O4. The number of aryl methyl sites for hydroxylation is 2. The molecule has 0 saturated heterocycles. The number of nitro groups is 1. The van der Waals surface area contributed by atoms with Crippen LogP contribution in [0.25, 0.3) is 0 Å². The van der Waals surface area contributed by atoms with Crippen LogP contribution >= 0.6 is 0 Å². The smallest absolute Gasteiger partial charge is 0.311 e. The van der Waals surface area contributed by atoms with Crippen molar-refractivity contribution < 1.29 is 14.5 Å². The van der Waals surface area contributed by atoms with Gasteiger partial charge in [0.1, 0.15) is 6.61 Å². The van der Waals surface area contributed by atoms with E-state index in [-0.39, 0.29) is 24.0 Å². The number of hydrogen-bond donors (Lipinski definition) is 1. The van der Waals surface area contributed by atoms with Gasteiger partial charge in [0.05, 0.1) is 11.1 Å². The van der Waals surface area contributed by atoms with Gasteiger partial charge in [-0.1, -0.05) is 18.2 Å². The van der Waals surface area contributed by atoms with E-state index in [1.807, 2.05) is 19.2 Å². The monoisotopic (exact) mass is 394 g/mol. The first-order valence-corrected chi connectivity index (χ1v) is 9.22. The maximum atomic E-state index is 12.4. The van der Waals surface area contributed by atoms with E-state index in [0.29, 0.717) is 12.1 Å². The van der Waals surface area contributed by atoms with Gasteiger partial charge in [0, 0.05) is 36.5 Å². The second kappa shape index (κ2) is 9.01. The largest absolute Gasteiger partial charge is 0.482 e. The van der Waals surface area contributed by atoms with Crippen LogP contribution in [0.1, 0.15) is 34.0 Å². The fraction of sp³-hybridized carbons (Fsp3) is 0.238. The number of aromatic nitrogens is 2. The van der Waals surface area contributed by atoms with Gasteiger partial charge in [-0.05, 0) is 43.2 Å². The predicted octanol–water partition coefficient (Wildman–Crippen LogP) is 3.63. The first-order valence-electron chi connectivity index (χ1n) is 9.22. The molecule has 0 atom stereocenters. The number of nitro benzene ring substituents is 1. The van der Waals surface area contributed by atoms with Gasteiger partial charge in [-0.15, -0.1) is 0 Å². The van der Waals surface area contributed by atoms with E-state index >= 15 is 0 Å². The highest BCUT2D eigenvalue weighted by Gasteiger charge is 2.15. The standard InChI is InChI=1S/C21H22N4O4/c1-3-24-13-17(12-23-24)11-22-21(26)18-6-4-5-16(10-18)14-29-20-8-7-15(2)9-19(20)25(27)28/h4-10,12-13H,3,11,14H2,1-2H3,(H,22,26). The molecular weight excluding hydrogens is 372 g/mol. The van der Waals surface area contributed by atoms with Crippen molar-refractivity contribution in [2.45, 2.75) is 33.5 Å². The quantitative estimate of drug-likeness (QED) is 0.465. The van der Waals surface area contributed by atoms with Crippen molar-refractivity contribution in [3.8, 4) is 5.75 Å². The number of ether oxygens (including phenoxy) is 1. The summed E-state index contributed by atoms with van der Waals surface area (Å²) >= 11 is 0. The van der Waals surface area contributed by atoms with E-state index in [0.717, 1.165) is 23.2 Å². The Morgan fingerprint density at radius 3 is 2.79 bits per heavy atom. The molecule has 8 nitrogen and oxygen atoms in total. The molecule has 0 aliphatic heterocycles. The Balaban J connectivity index is 1.63. The van der Waals surface area contributed by atoms with Gasteiger partial charge in [0.2, 0.25) is 0 Å². The van der Waals surface area contributed by atoms with Gasteiger partial charge in [-0.2, -0.15) is 5.10 Å². The molecule has 1 N–H and O–H groups in total. The van der Waals surface area contributed by atoms with E-state index in [9.17, 15) is 14.9 Å². The lowest BCUT2D eigenvalue weighted by Crippen LogP contribution is -2.22. The van der Waals surface area contributed by atoms with Crippen LogP contribution in [0.4, 0.5) is 5.69 Å². The lowest BCUT2D eigenvalue weighted by atomic mass is 10.1. The fourth-order valence-electron chi connectivity index (χ4n) is 2.81. The lowest BCUT2D eigenvalue weighted by Gasteiger charge is -2.09. The maximum absolute atomic E-state index is 12.4. The van der Waals surface area contributed by atoms with Crippen molar-refractivity contribution in [3.63, 3.8) is 0 Å². The third-order valence-corrected chi connectivity index (χ3v) is 4.36. The summed E-state index contributed by atoms with van der Waals surface area (Å²) < 4.78 is 7.43. The third-order valence-electron chi connectivity index (χ3n) is 4.36. The van der Waals surface area contributed by atoms with E-state index in [4.69, 9.17) is 4.74 Å². The van der Waals surface area contributed by atoms with Gasteiger partial charge in [0.25, 0.3) is 5.91 Å². The second-order valence-electron chi connectivity index (χ2n) is 6.60. The number of nitrogens with one attached hydrogen (secondary N) is 1. The topological polar surface area (TPSA) is 99.3 Å². The minimum Gasteiger partial charge on any atom is -0.482 e. The normalized spacial score (nSPS) is 10.6. The average Bonchev–Trinajstić information content (AvgIpc) is 3.19. The molecule has 0 aliphatic rings. The molecule has 1 amide bonds. The summed E-state index contributed by atoms with van der Waals surface area (Å²) in [4.78, 5) is 23.2. The minimum atomic E-state index is -0.465. The Bertz CT molecular complexity index is 1030. The number of carbonyl (C=O) groups is 1. The molecule has 2 aromatic carbocycles. The molecule has 29 heavy (non-hydrogen) atoms. The van der Waals surface area contributed by atoms with Crippen LogP contribution < -0.4 is 10.1 Å². The van der Waals surface area contributed by atoms with Crippen LogP contribution in [0.3, 0.4) is 0 Å². The van der Waals surface area contributed by atoms with Crippen molar-refractivity contribution in [1.29, 1.82) is 0 Å². The summed E-state index contributed by atoms with van der Waals surface area (Å²) in [5.74, 6) is -0.0131. The Hall–Kier alpha value is -3.68. The highest BCUT2D eigenvalue weighted by molar-refractivity contribution is 5.94. The molecule has 8 heteroatoms. The van der Waals surface area contributed by atoms with E-state index < -0.39 is 4.92 Å². The number of hydrogen-bond acceptors (Lipinski definition) is 5. The minimum absolute atomic E-state index is 0.0773. The number of rotatable bonds is 8. The zero-order chi connectivity index (χ0) is 20.8. The summed E-state index contributed by atoms with van der Waals surface area (Å²) in [6.45, 7) is 5.05. The van der Waals surface area contributed by atoms with Crippen LogP contribution in [-0.2, 0) is 19.7 Å². The summed E-state index contributed by atoms with van der Waals surface area (Å²) in [5.41, 5.74) is 2.86. The zero-order valence-electron chi connectivity index (χ0n) is 16.3. The Morgan fingerprint density at radius 2 is 2.07 bits per heavy atom. The van der Waals surface area contributed by atoms with Gasteiger partial charge in [0.15, 0.2) is 5.75 Å². The van der Waals surface area contributed by atoms with E-state index in [2.05, 4.69) is 10.4 Å². The molecule has 0 aliphatic carbocycles. The van der Waals surface area contributed by atoms with Crippen molar-refractivity contribution in [2.75, 3.05) is 0 Å². The number of carbonyl (C=O) groups excluding carboxylic acids is 1. The number of nitrogens with zero attached hydrogens (tertiary/aromatic N) is 3. The molecule has 0 bridgehead atoms. The highest BCUT2D eigenvalue weighted by Crippen LogP contribution is 2.28. The van der Waals surface area contributed by atoms with Crippen LogP contribution in [0.2, 0.25) is 0 Å². The summed E-state index contributed by atoms with van der Waals surface area (Å²) in [5, 5.41) is 18.2. The Kier molecular flexibility index (Phi) is 6.23. The lowest BCUT2D eigenvalue weighted by molar-refractivity contribution is -0.386. The van der Waals surface area contributed by atoms with Crippen LogP contribution in [0.5, 0.6) is 5.75 Å². The highest BCUT2D eigenvalue weighted by atomic mass is 16.6. The predicted molar refractivity (Wildman–Crippen MR) is 108 cm³/mol. The van der Waals surface area contributed by atoms with Crippen LogP contribution in [0.15, 0.2) is 54.9 Å². The van der Waals surface area contributed by atoms with Crippen molar-refractivity contribution in [1.82, 2.24) is 15.1 Å². The van der Waals surface area contributed by atoms with Gasteiger partial charge in [-0.3, -0.25) is 19.6 Å². The molecule has 3 aromatic rings.